The molecule has 142 valence electrons. The molecule has 1 heterocycles. The van der Waals surface area contributed by atoms with Crippen molar-refractivity contribution in [2.75, 3.05) is 11.0 Å². The summed E-state index contributed by atoms with van der Waals surface area (Å²) in [6, 6.07) is 12.4. The van der Waals surface area contributed by atoms with Gasteiger partial charge in [-0.15, -0.1) is 0 Å². The highest BCUT2D eigenvalue weighted by Gasteiger charge is 2.22. The zero-order valence-corrected chi connectivity index (χ0v) is 18.1. The highest BCUT2D eigenvalue weighted by Crippen LogP contribution is 2.32. The summed E-state index contributed by atoms with van der Waals surface area (Å²) in [5.74, 6) is 0.527. The Labute approximate surface area is 172 Å². The van der Waals surface area contributed by atoms with Crippen LogP contribution in [-0.4, -0.2) is 20.5 Å². The van der Waals surface area contributed by atoms with Gasteiger partial charge in [0.2, 0.25) is 10.0 Å². The van der Waals surface area contributed by atoms with Crippen LogP contribution in [0.15, 0.2) is 46.9 Å². The molecule has 3 rings (SSSR count). The molecule has 2 aromatic carbocycles. The summed E-state index contributed by atoms with van der Waals surface area (Å²) < 4.78 is 32.6. The summed E-state index contributed by atoms with van der Waals surface area (Å²) >= 11 is 2.19. The second kappa shape index (κ2) is 8.02. The number of aryl methyl sites for hydroxylation is 1. The number of hydrogen-bond acceptors (Lipinski definition) is 4. The van der Waals surface area contributed by atoms with E-state index in [-0.39, 0.29) is 5.78 Å². The lowest BCUT2D eigenvalue weighted by atomic mass is 9.98. The van der Waals surface area contributed by atoms with Gasteiger partial charge < -0.3 is 4.42 Å². The standard InChI is InChI=1S/C20H20INO4S/c1-3-4-5-18-19(20(23)13-6-8-14(21)9-7-13)16-12-15(22-27(2,24)25)10-11-17(16)26-18/h6-12,22H,3-5H2,1-2H3. The number of fused-ring (bicyclic) bond motifs is 1. The van der Waals surface area contributed by atoms with Crippen LogP contribution in [0.1, 0.15) is 41.4 Å². The normalized spacial score (nSPS) is 11.7. The van der Waals surface area contributed by atoms with E-state index in [1.807, 2.05) is 12.1 Å². The minimum atomic E-state index is -3.41. The van der Waals surface area contributed by atoms with Gasteiger partial charge in [-0.05, 0) is 71.5 Å². The average Bonchev–Trinajstić information content (AvgIpc) is 2.96. The van der Waals surface area contributed by atoms with E-state index < -0.39 is 10.0 Å². The van der Waals surface area contributed by atoms with Gasteiger partial charge in [-0.2, -0.15) is 0 Å². The zero-order chi connectivity index (χ0) is 19.6. The molecule has 0 unspecified atom stereocenters. The van der Waals surface area contributed by atoms with Gasteiger partial charge in [0.1, 0.15) is 11.3 Å². The van der Waals surface area contributed by atoms with Crippen LogP contribution in [0.5, 0.6) is 0 Å². The SMILES string of the molecule is CCCCc1oc2ccc(NS(C)(=O)=O)cc2c1C(=O)c1ccc(I)cc1. The Hall–Kier alpha value is -1.87. The Morgan fingerprint density at radius 3 is 2.48 bits per heavy atom. The summed E-state index contributed by atoms with van der Waals surface area (Å²) in [6.45, 7) is 2.08. The number of benzene rings is 2. The molecule has 5 nitrogen and oxygen atoms in total. The van der Waals surface area contributed by atoms with E-state index >= 15 is 0 Å². The van der Waals surface area contributed by atoms with E-state index in [4.69, 9.17) is 4.42 Å². The fourth-order valence-corrected chi connectivity index (χ4v) is 3.85. The summed E-state index contributed by atoms with van der Waals surface area (Å²) in [5.41, 5.74) is 2.08. The first-order valence-corrected chi connectivity index (χ1v) is 11.6. The van der Waals surface area contributed by atoms with Crippen molar-refractivity contribution in [3.05, 3.63) is 62.9 Å². The first-order chi connectivity index (χ1) is 12.8. The predicted octanol–water partition coefficient (Wildman–Crippen LogP) is 4.98. The summed E-state index contributed by atoms with van der Waals surface area (Å²) in [6.07, 6.45) is 3.64. The van der Waals surface area contributed by atoms with Crippen LogP contribution in [0.4, 0.5) is 5.69 Å². The van der Waals surface area contributed by atoms with Crippen molar-refractivity contribution in [3.8, 4) is 0 Å². The largest absolute Gasteiger partial charge is 0.460 e. The second-order valence-corrected chi connectivity index (χ2v) is 9.42. The Morgan fingerprint density at radius 1 is 1.15 bits per heavy atom. The van der Waals surface area contributed by atoms with Crippen molar-refractivity contribution in [2.45, 2.75) is 26.2 Å². The molecule has 0 aliphatic carbocycles. The van der Waals surface area contributed by atoms with Gasteiger partial charge in [-0.3, -0.25) is 9.52 Å². The Bertz CT molecular complexity index is 1090. The van der Waals surface area contributed by atoms with Crippen LogP contribution in [-0.2, 0) is 16.4 Å². The molecule has 0 spiro atoms. The molecule has 0 bridgehead atoms. The molecule has 0 amide bonds. The van der Waals surface area contributed by atoms with Gasteiger partial charge in [-0.25, -0.2) is 8.42 Å². The van der Waals surface area contributed by atoms with Gasteiger partial charge in [-0.1, -0.05) is 13.3 Å². The number of halogens is 1. The molecule has 1 N–H and O–H groups in total. The maximum Gasteiger partial charge on any atom is 0.229 e. The number of ketones is 1. The van der Waals surface area contributed by atoms with Crippen molar-refractivity contribution in [2.24, 2.45) is 0 Å². The highest BCUT2D eigenvalue weighted by atomic mass is 127. The molecule has 7 heteroatoms. The highest BCUT2D eigenvalue weighted by molar-refractivity contribution is 14.1. The number of sulfonamides is 1. The van der Waals surface area contributed by atoms with Crippen LogP contribution in [0.2, 0.25) is 0 Å². The predicted molar refractivity (Wildman–Crippen MR) is 116 cm³/mol. The molecule has 0 fully saturated rings. The first-order valence-electron chi connectivity index (χ1n) is 8.62. The molecule has 3 aromatic rings. The van der Waals surface area contributed by atoms with Crippen molar-refractivity contribution in [1.29, 1.82) is 0 Å². The number of carbonyl (C=O) groups is 1. The van der Waals surface area contributed by atoms with Crippen molar-refractivity contribution in [1.82, 2.24) is 0 Å². The van der Waals surface area contributed by atoms with Crippen LogP contribution in [0.25, 0.3) is 11.0 Å². The van der Waals surface area contributed by atoms with Gasteiger partial charge in [0, 0.05) is 26.6 Å². The van der Waals surface area contributed by atoms with Crippen molar-refractivity contribution >= 4 is 55.1 Å². The van der Waals surface area contributed by atoms with Crippen LogP contribution >= 0.6 is 22.6 Å². The molecule has 0 aliphatic rings. The van der Waals surface area contributed by atoms with Gasteiger partial charge in [0.15, 0.2) is 5.78 Å². The number of unbranched alkanes of at least 4 members (excludes halogenated alkanes) is 1. The number of anilines is 1. The molecule has 0 radical (unpaired) electrons. The average molecular weight is 497 g/mol. The minimum Gasteiger partial charge on any atom is -0.460 e. The summed E-state index contributed by atoms with van der Waals surface area (Å²) in [7, 11) is -3.41. The summed E-state index contributed by atoms with van der Waals surface area (Å²) in [4.78, 5) is 13.2. The van der Waals surface area contributed by atoms with Gasteiger partial charge >= 0.3 is 0 Å². The quantitative estimate of drug-likeness (QED) is 0.369. The van der Waals surface area contributed by atoms with E-state index in [9.17, 15) is 13.2 Å². The lowest BCUT2D eigenvalue weighted by molar-refractivity contribution is 0.103. The lowest BCUT2D eigenvalue weighted by Gasteiger charge is -2.05. The minimum absolute atomic E-state index is 0.118. The maximum absolute atomic E-state index is 13.2. The Morgan fingerprint density at radius 2 is 1.85 bits per heavy atom. The molecule has 0 saturated heterocycles. The Balaban J connectivity index is 2.14. The van der Waals surface area contributed by atoms with E-state index in [2.05, 4.69) is 34.2 Å². The number of furan rings is 1. The Kier molecular flexibility index (Phi) is 5.90. The molecule has 27 heavy (non-hydrogen) atoms. The third-order valence-corrected chi connectivity index (χ3v) is 5.48. The smallest absolute Gasteiger partial charge is 0.229 e. The molecule has 1 aromatic heterocycles. The number of hydrogen-bond donors (Lipinski definition) is 1. The van der Waals surface area contributed by atoms with E-state index in [1.54, 1.807) is 30.3 Å². The zero-order valence-electron chi connectivity index (χ0n) is 15.1. The fraction of sp³-hybridized carbons (Fsp3) is 0.250. The fourth-order valence-electron chi connectivity index (χ4n) is 2.93. The molecular formula is C20H20INO4S. The monoisotopic (exact) mass is 497 g/mol. The van der Waals surface area contributed by atoms with E-state index in [1.165, 1.54) is 0 Å². The second-order valence-electron chi connectivity index (χ2n) is 6.42. The molecule has 0 saturated carbocycles. The van der Waals surface area contributed by atoms with Crippen molar-refractivity contribution < 1.29 is 17.6 Å². The van der Waals surface area contributed by atoms with Crippen LogP contribution in [0, 0.1) is 3.57 Å². The van der Waals surface area contributed by atoms with E-state index in [0.29, 0.717) is 40.0 Å². The summed E-state index contributed by atoms with van der Waals surface area (Å²) in [5, 5.41) is 0.623. The van der Waals surface area contributed by atoms with Crippen LogP contribution < -0.4 is 4.72 Å². The van der Waals surface area contributed by atoms with Gasteiger partial charge in [0.25, 0.3) is 0 Å². The third-order valence-electron chi connectivity index (χ3n) is 4.16. The number of nitrogens with one attached hydrogen (secondary N) is 1. The van der Waals surface area contributed by atoms with E-state index in [0.717, 1.165) is 22.7 Å². The molecule has 0 atom stereocenters. The molecular weight excluding hydrogens is 477 g/mol. The third kappa shape index (κ3) is 4.70. The topological polar surface area (TPSA) is 76.4 Å². The number of carbonyl (C=O) groups excluding carboxylic acids is 1. The first kappa shape index (κ1) is 19.9. The molecule has 0 aliphatic heterocycles. The van der Waals surface area contributed by atoms with Crippen LogP contribution in [0.3, 0.4) is 0 Å². The van der Waals surface area contributed by atoms with Crippen molar-refractivity contribution in [3.63, 3.8) is 0 Å². The maximum atomic E-state index is 13.2. The number of rotatable bonds is 7. The van der Waals surface area contributed by atoms with Gasteiger partial charge in [0.05, 0.1) is 11.8 Å². The lowest BCUT2D eigenvalue weighted by Crippen LogP contribution is -2.09.